The maximum Gasteiger partial charge on any atom is 0.134 e. The summed E-state index contributed by atoms with van der Waals surface area (Å²) < 4.78 is 5.26. The van der Waals surface area contributed by atoms with Crippen molar-refractivity contribution in [3.05, 3.63) is 41.7 Å². The fourth-order valence-electron chi connectivity index (χ4n) is 2.51. The summed E-state index contributed by atoms with van der Waals surface area (Å²) in [5.41, 5.74) is 1.24. The third kappa shape index (κ3) is 5.41. The Morgan fingerprint density at radius 1 is 1.21 bits per heavy atom. The van der Waals surface area contributed by atoms with Gasteiger partial charge in [0.25, 0.3) is 0 Å². The van der Waals surface area contributed by atoms with Gasteiger partial charge in [-0.3, -0.25) is 0 Å². The van der Waals surface area contributed by atoms with Crippen molar-refractivity contribution in [1.82, 2.24) is 9.97 Å². The molecule has 1 aromatic carbocycles. The van der Waals surface area contributed by atoms with Crippen LogP contribution in [-0.2, 0) is 6.42 Å². The minimum absolute atomic E-state index is 0.791. The van der Waals surface area contributed by atoms with E-state index in [0.717, 1.165) is 49.1 Å². The molecular formula is C19H28N4O. The molecule has 0 aliphatic carbocycles. The predicted molar refractivity (Wildman–Crippen MR) is 100 cm³/mol. The van der Waals surface area contributed by atoms with Crippen LogP contribution in [0.15, 0.2) is 30.3 Å². The topological polar surface area (TPSA) is 50.3 Å². The molecular weight excluding hydrogens is 300 g/mol. The van der Waals surface area contributed by atoms with Crippen molar-refractivity contribution >= 4 is 11.6 Å². The molecule has 24 heavy (non-hydrogen) atoms. The molecule has 1 aromatic heterocycles. The maximum atomic E-state index is 5.26. The van der Waals surface area contributed by atoms with Crippen molar-refractivity contribution < 1.29 is 4.74 Å². The zero-order valence-electron chi connectivity index (χ0n) is 15.2. The molecule has 0 aliphatic rings. The molecule has 0 amide bonds. The van der Waals surface area contributed by atoms with Crippen LogP contribution in [0.1, 0.15) is 31.2 Å². The number of nitrogens with one attached hydrogen (secondary N) is 1. The predicted octanol–water partition coefficient (Wildman–Crippen LogP) is 3.68. The number of aromatic nitrogens is 2. The highest BCUT2D eigenvalue weighted by Crippen LogP contribution is 2.16. The van der Waals surface area contributed by atoms with Crippen molar-refractivity contribution in [3.63, 3.8) is 0 Å². The van der Waals surface area contributed by atoms with Crippen LogP contribution in [-0.4, -0.2) is 37.2 Å². The van der Waals surface area contributed by atoms with Gasteiger partial charge in [-0.1, -0.05) is 25.5 Å². The standard InChI is InChI=1S/C19H28N4O/c1-5-6-12-23(3)19-14-18(21-15(2)22-19)20-11-10-16-8-7-9-17(13-16)24-4/h7-9,13-14H,5-6,10-12H2,1-4H3,(H,20,21,22). The van der Waals surface area contributed by atoms with Gasteiger partial charge in [0, 0.05) is 26.2 Å². The summed E-state index contributed by atoms with van der Waals surface area (Å²) >= 11 is 0. The van der Waals surface area contributed by atoms with Crippen molar-refractivity contribution in [2.75, 3.05) is 37.5 Å². The molecule has 0 atom stereocenters. The maximum absolute atomic E-state index is 5.26. The van der Waals surface area contributed by atoms with Crippen LogP contribution < -0.4 is 15.0 Å². The molecule has 2 rings (SSSR count). The summed E-state index contributed by atoms with van der Waals surface area (Å²) in [6.45, 7) is 5.97. The highest BCUT2D eigenvalue weighted by Gasteiger charge is 2.06. The molecule has 0 aliphatic heterocycles. The number of aryl methyl sites for hydroxylation is 1. The number of anilines is 2. The van der Waals surface area contributed by atoms with E-state index in [1.807, 2.05) is 25.1 Å². The van der Waals surface area contributed by atoms with E-state index in [-0.39, 0.29) is 0 Å². The monoisotopic (exact) mass is 328 g/mol. The van der Waals surface area contributed by atoms with Gasteiger partial charge in [-0.25, -0.2) is 9.97 Å². The number of unbranched alkanes of at least 4 members (excludes halogenated alkanes) is 1. The highest BCUT2D eigenvalue weighted by molar-refractivity contribution is 5.49. The third-order valence-corrected chi connectivity index (χ3v) is 3.92. The zero-order valence-corrected chi connectivity index (χ0v) is 15.2. The van der Waals surface area contributed by atoms with Crippen molar-refractivity contribution in [2.24, 2.45) is 0 Å². The van der Waals surface area contributed by atoms with E-state index in [9.17, 15) is 0 Å². The first-order valence-electron chi connectivity index (χ1n) is 8.56. The first kappa shape index (κ1) is 18.0. The number of hydrogen-bond donors (Lipinski definition) is 1. The van der Waals surface area contributed by atoms with Gasteiger partial charge in [-0.05, 0) is 37.5 Å². The first-order valence-corrected chi connectivity index (χ1v) is 8.56. The second-order valence-electron chi connectivity index (χ2n) is 5.96. The fourth-order valence-corrected chi connectivity index (χ4v) is 2.51. The number of hydrogen-bond acceptors (Lipinski definition) is 5. The molecule has 0 radical (unpaired) electrons. The molecule has 0 unspecified atom stereocenters. The number of ether oxygens (including phenoxy) is 1. The summed E-state index contributed by atoms with van der Waals surface area (Å²) in [5.74, 6) is 3.54. The molecule has 1 N–H and O–H groups in total. The van der Waals surface area contributed by atoms with Crippen LogP contribution in [0.5, 0.6) is 5.75 Å². The van der Waals surface area contributed by atoms with Gasteiger partial charge < -0.3 is 15.0 Å². The number of benzene rings is 1. The Morgan fingerprint density at radius 2 is 2.04 bits per heavy atom. The normalized spacial score (nSPS) is 10.5. The lowest BCUT2D eigenvalue weighted by molar-refractivity contribution is 0.414. The van der Waals surface area contributed by atoms with Gasteiger partial charge in [0.15, 0.2) is 0 Å². The smallest absolute Gasteiger partial charge is 0.134 e. The molecule has 0 saturated heterocycles. The van der Waals surface area contributed by atoms with Gasteiger partial charge >= 0.3 is 0 Å². The van der Waals surface area contributed by atoms with Crippen LogP contribution in [0.4, 0.5) is 11.6 Å². The molecule has 0 saturated carbocycles. The summed E-state index contributed by atoms with van der Waals surface area (Å²) in [5, 5.41) is 3.40. The lowest BCUT2D eigenvalue weighted by atomic mass is 10.1. The van der Waals surface area contributed by atoms with E-state index in [2.05, 4.69) is 46.3 Å². The lowest BCUT2D eigenvalue weighted by Gasteiger charge is -2.19. The van der Waals surface area contributed by atoms with Crippen LogP contribution in [0.3, 0.4) is 0 Å². The van der Waals surface area contributed by atoms with Crippen LogP contribution in [0.2, 0.25) is 0 Å². The van der Waals surface area contributed by atoms with Gasteiger partial charge in [-0.15, -0.1) is 0 Å². The van der Waals surface area contributed by atoms with Gasteiger partial charge in [0.2, 0.25) is 0 Å². The second-order valence-corrected chi connectivity index (χ2v) is 5.96. The Labute approximate surface area is 145 Å². The van der Waals surface area contributed by atoms with E-state index < -0.39 is 0 Å². The number of methoxy groups -OCH3 is 1. The number of rotatable bonds is 9. The minimum Gasteiger partial charge on any atom is -0.497 e. The fraction of sp³-hybridized carbons (Fsp3) is 0.474. The van der Waals surface area contributed by atoms with Crippen LogP contribution in [0, 0.1) is 6.92 Å². The average Bonchev–Trinajstić information content (AvgIpc) is 2.59. The molecule has 130 valence electrons. The Kier molecular flexibility index (Phi) is 6.85. The lowest BCUT2D eigenvalue weighted by Crippen LogP contribution is -2.20. The molecule has 2 aromatic rings. The minimum atomic E-state index is 0.791. The summed E-state index contributed by atoms with van der Waals surface area (Å²) in [6.07, 6.45) is 3.26. The second kappa shape index (κ2) is 9.11. The van der Waals surface area contributed by atoms with Crippen molar-refractivity contribution in [1.29, 1.82) is 0 Å². The summed E-state index contributed by atoms with van der Waals surface area (Å²) in [4.78, 5) is 11.2. The largest absolute Gasteiger partial charge is 0.497 e. The third-order valence-electron chi connectivity index (χ3n) is 3.92. The molecule has 0 fully saturated rings. The van der Waals surface area contributed by atoms with E-state index in [1.165, 1.54) is 12.0 Å². The zero-order chi connectivity index (χ0) is 17.4. The van der Waals surface area contributed by atoms with Gasteiger partial charge in [0.05, 0.1) is 7.11 Å². The Balaban J connectivity index is 1.95. The van der Waals surface area contributed by atoms with Crippen LogP contribution >= 0.6 is 0 Å². The van der Waals surface area contributed by atoms with E-state index >= 15 is 0 Å². The summed E-state index contributed by atoms with van der Waals surface area (Å²) in [6, 6.07) is 10.2. The quantitative estimate of drug-likeness (QED) is 0.761. The SMILES string of the molecule is CCCCN(C)c1cc(NCCc2cccc(OC)c2)nc(C)n1. The molecule has 5 nitrogen and oxygen atoms in total. The van der Waals surface area contributed by atoms with Gasteiger partial charge in [-0.2, -0.15) is 0 Å². The van der Waals surface area contributed by atoms with Crippen LogP contribution in [0.25, 0.3) is 0 Å². The number of nitrogens with zero attached hydrogens (tertiary/aromatic N) is 3. The van der Waals surface area contributed by atoms with Crippen molar-refractivity contribution in [2.45, 2.75) is 33.1 Å². The van der Waals surface area contributed by atoms with Gasteiger partial charge in [0.1, 0.15) is 23.2 Å². The Hall–Kier alpha value is -2.30. The average molecular weight is 328 g/mol. The Morgan fingerprint density at radius 3 is 2.79 bits per heavy atom. The first-order chi connectivity index (χ1) is 11.6. The molecule has 5 heteroatoms. The van der Waals surface area contributed by atoms with E-state index in [0.29, 0.717) is 0 Å². The molecule has 1 heterocycles. The van der Waals surface area contributed by atoms with E-state index in [1.54, 1.807) is 7.11 Å². The van der Waals surface area contributed by atoms with Crippen molar-refractivity contribution in [3.8, 4) is 5.75 Å². The molecule has 0 bridgehead atoms. The highest BCUT2D eigenvalue weighted by atomic mass is 16.5. The summed E-state index contributed by atoms with van der Waals surface area (Å²) in [7, 11) is 3.77. The van der Waals surface area contributed by atoms with E-state index in [4.69, 9.17) is 4.74 Å². The molecule has 0 spiro atoms. The Bertz CT molecular complexity index is 645.